The minimum Gasteiger partial charge on any atom is -0.492 e. The number of ether oxygens (including phenoxy) is 1. The number of rotatable bonds is 9. The Bertz CT molecular complexity index is 785. The first-order chi connectivity index (χ1) is 12.6. The average Bonchev–Trinajstić information content (AvgIpc) is 2.67. The van der Waals surface area contributed by atoms with Gasteiger partial charge in [0.25, 0.3) is 0 Å². The van der Waals surface area contributed by atoms with Gasteiger partial charge in [-0.2, -0.15) is 17.0 Å². The van der Waals surface area contributed by atoms with E-state index in [1.54, 1.807) is 36.0 Å². The number of hydrogen-bond donors (Lipinski definition) is 2. The van der Waals surface area contributed by atoms with Crippen molar-refractivity contribution in [3.05, 3.63) is 59.2 Å². The van der Waals surface area contributed by atoms with Gasteiger partial charge in [-0.1, -0.05) is 13.0 Å². The highest BCUT2D eigenvalue weighted by Crippen LogP contribution is 2.30. The third kappa shape index (κ3) is 5.17. The van der Waals surface area contributed by atoms with Crippen LogP contribution in [0.25, 0.3) is 0 Å². The van der Waals surface area contributed by atoms with Crippen molar-refractivity contribution in [3.8, 4) is 11.8 Å². The van der Waals surface area contributed by atoms with E-state index in [2.05, 4.69) is 5.32 Å². The molecule has 0 amide bonds. The molecule has 0 spiro atoms. The molecule has 0 saturated carbocycles. The Morgan fingerprint density at radius 3 is 2.62 bits per heavy atom. The van der Waals surface area contributed by atoms with Crippen molar-refractivity contribution >= 4 is 23.4 Å². The van der Waals surface area contributed by atoms with Crippen molar-refractivity contribution in [1.82, 2.24) is 0 Å². The SMILES string of the molecule is CCc1ccc(OCCSC)c([C@@H](Nc2ccc(C#N)cc2)C(=O)O)c1. The molecular weight excluding hydrogens is 348 g/mol. The van der Waals surface area contributed by atoms with Gasteiger partial charge in [-0.05, 0) is 54.6 Å². The molecule has 0 heterocycles. The fourth-order valence-corrected chi connectivity index (χ4v) is 2.74. The van der Waals surface area contributed by atoms with Crippen LogP contribution in [-0.2, 0) is 11.2 Å². The number of thioether (sulfide) groups is 1. The lowest BCUT2D eigenvalue weighted by Crippen LogP contribution is -2.22. The summed E-state index contributed by atoms with van der Waals surface area (Å²) in [6.45, 7) is 2.54. The Labute approximate surface area is 158 Å². The van der Waals surface area contributed by atoms with Crippen LogP contribution in [0.3, 0.4) is 0 Å². The van der Waals surface area contributed by atoms with Crippen LogP contribution in [0, 0.1) is 11.3 Å². The number of hydrogen-bond acceptors (Lipinski definition) is 5. The van der Waals surface area contributed by atoms with Gasteiger partial charge in [-0.15, -0.1) is 0 Å². The molecule has 136 valence electrons. The number of carboxylic acid groups (broad SMARTS) is 1. The lowest BCUT2D eigenvalue weighted by molar-refractivity contribution is -0.138. The van der Waals surface area contributed by atoms with Gasteiger partial charge < -0.3 is 15.2 Å². The number of benzene rings is 2. The summed E-state index contributed by atoms with van der Waals surface area (Å²) in [6.07, 6.45) is 2.80. The number of nitriles is 1. The summed E-state index contributed by atoms with van der Waals surface area (Å²) in [6, 6.07) is 13.5. The zero-order chi connectivity index (χ0) is 18.9. The number of nitrogens with zero attached hydrogens (tertiary/aromatic N) is 1. The summed E-state index contributed by atoms with van der Waals surface area (Å²) in [7, 11) is 0. The number of carbonyl (C=O) groups is 1. The first kappa shape index (κ1) is 19.7. The van der Waals surface area contributed by atoms with E-state index < -0.39 is 12.0 Å². The van der Waals surface area contributed by atoms with Crippen molar-refractivity contribution in [2.45, 2.75) is 19.4 Å². The van der Waals surface area contributed by atoms with E-state index in [0.717, 1.165) is 17.7 Å². The number of aliphatic carboxylic acids is 1. The predicted molar refractivity (Wildman–Crippen MR) is 105 cm³/mol. The van der Waals surface area contributed by atoms with Crippen LogP contribution >= 0.6 is 11.8 Å². The second-order valence-corrected chi connectivity index (χ2v) is 6.66. The molecule has 0 radical (unpaired) electrons. The van der Waals surface area contributed by atoms with E-state index in [1.807, 2.05) is 37.4 Å². The molecule has 0 fully saturated rings. The molecule has 0 bridgehead atoms. The Morgan fingerprint density at radius 2 is 2.04 bits per heavy atom. The van der Waals surface area contributed by atoms with Crippen molar-refractivity contribution in [2.24, 2.45) is 0 Å². The topological polar surface area (TPSA) is 82.3 Å². The number of carboxylic acids is 1. The molecule has 0 aliphatic heterocycles. The molecule has 26 heavy (non-hydrogen) atoms. The van der Waals surface area contributed by atoms with Gasteiger partial charge in [-0.3, -0.25) is 0 Å². The summed E-state index contributed by atoms with van der Waals surface area (Å²) >= 11 is 1.67. The van der Waals surface area contributed by atoms with Crippen LogP contribution in [0.1, 0.15) is 29.7 Å². The molecule has 2 aromatic carbocycles. The van der Waals surface area contributed by atoms with Gasteiger partial charge in [-0.25, -0.2) is 4.79 Å². The van der Waals surface area contributed by atoms with Crippen molar-refractivity contribution in [3.63, 3.8) is 0 Å². The Hall–Kier alpha value is -2.65. The second kappa shape index (κ2) is 9.73. The van der Waals surface area contributed by atoms with E-state index in [4.69, 9.17) is 10.00 Å². The van der Waals surface area contributed by atoms with Crippen LogP contribution in [0.4, 0.5) is 5.69 Å². The maximum absolute atomic E-state index is 11.9. The van der Waals surface area contributed by atoms with Crippen LogP contribution in [0.2, 0.25) is 0 Å². The van der Waals surface area contributed by atoms with E-state index in [9.17, 15) is 9.90 Å². The van der Waals surface area contributed by atoms with Crippen LogP contribution in [-0.4, -0.2) is 29.7 Å². The largest absolute Gasteiger partial charge is 0.492 e. The van der Waals surface area contributed by atoms with Crippen LogP contribution in [0.5, 0.6) is 5.75 Å². The summed E-state index contributed by atoms with van der Waals surface area (Å²) in [4.78, 5) is 11.9. The summed E-state index contributed by atoms with van der Waals surface area (Å²) in [5.74, 6) is 0.414. The highest BCUT2D eigenvalue weighted by Gasteiger charge is 2.24. The molecular formula is C20H22N2O3S. The fourth-order valence-electron chi connectivity index (χ4n) is 2.49. The van der Waals surface area contributed by atoms with E-state index >= 15 is 0 Å². The molecule has 1 atom stereocenters. The minimum atomic E-state index is -0.989. The van der Waals surface area contributed by atoms with Gasteiger partial charge >= 0.3 is 5.97 Å². The molecule has 0 aromatic heterocycles. The Morgan fingerprint density at radius 1 is 1.31 bits per heavy atom. The summed E-state index contributed by atoms with van der Waals surface area (Å²) in [5.41, 5.74) is 2.80. The van der Waals surface area contributed by atoms with E-state index in [0.29, 0.717) is 29.2 Å². The predicted octanol–water partition coefficient (Wildman–Crippen LogP) is 4.10. The van der Waals surface area contributed by atoms with Gasteiger partial charge in [0.1, 0.15) is 5.75 Å². The average molecular weight is 370 g/mol. The highest BCUT2D eigenvalue weighted by atomic mass is 32.2. The quantitative estimate of drug-likeness (QED) is 0.647. The first-order valence-electron chi connectivity index (χ1n) is 8.33. The van der Waals surface area contributed by atoms with Gasteiger partial charge in [0.2, 0.25) is 0 Å². The molecule has 2 aromatic rings. The van der Waals surface area contributed by atoms with Crippen molar-refractivity contribution in [1.29, 1.82) is 5.26 Å². The van der Waals surface area contributed by atoms with E-state index in [-0.39, 0.29) is 0 Å². The highest BCUT2D eigenvalue weighted by molar-refractivity contribution is 7.98. The summed E-state index contributed by atoms with van der Waals surface area (Å²) in [5, 5.41) is 21.7. The molecule has 2 N–H and O–H groups in total. The monoisotopic (exact) mass is 370 g/mol. The lowest BCUT2D eigenvalue weighted by atomic mass is 10.0. The molecule has 5 nitrogen and oxygen atoms in total. The third-order valence-electron chi connectivity index (χ3n) is 3.91. The summed E-state index contributed by atoms with van der Waals surface area (Å²) < 4.78 is 5.82. The minimum absolute atomic E-state index is 0.517. The lowest BCUT2D eigenvalue weighted by Gasteiger charge is -2.20. The zero-order valence-electron chi connectivity index (χ0n) is 14.9. The third-order valence-corrected chi connectivity index (χ3v) is 4.49. The maximum Gasteiger partial charge on any atom is 0.330 e. The second-order valence-electron chi connectivity index (χ2n) is 5.67. The fraction of sp³-hybridized carbons (Fsp3) is 0.300. The first-order valence-corrected chi connectivity index (χ1v) is 9.72. The molecule has 0 saturated heterocycles. The molecule has 2 rings (SSSR count). The Kier molecular flexibility index (Phi) is 7.37. The number of aryl methyl sites for hydroxylation is 1. The maximum atomic E-state index is 11.9. The molecule has 0 aliphatic rings. The van der Waals surface area contributed by atoms with Crippen molar-refractivity contribution < 1.29 is 14.6 Å². The number of nitrogens with one attached hydrogen (secondary N) is 1. The van der Waals surface area contributed by atoms with Crippen LogP contribution < -0.4 is 10.1 Å². The smallest absolute Gasteiger partial charge is 0.330 e. The number of anilines is 1. The Balaban J connectivity index is 2.34. The van der Waals surface area contributed by atoms with Gasteiger partial charge in [0.15, 0.2) is 6.04 Å². The molecule has 6 heteroatoms. The molecule has 0 unspecified atom stereocenters. The normalized spacial score (nSPS) is 11.4. The van der Waals surface area contributed by atoms with Crippen molar-refractivity contribution in [2.75, 3.05) is 23.9 Å². The molecule has 0 aliphatic carbocycles. The van der Waals surface area contributed by atoms with Crippen LogP contribution in [0.15, 0.2) is 42.5 Å². The van der Waals surface area contributed by atoms with Gasteiger partial charge in [0.05, 0.1) is 18.2 Å². The van der Waals surface area contributed by atoms with E-state index in [1.165, 1.54) is 0 Å². The zero-order valence-corrected chi connectivity index (χ0v) is 15.7. The van der Waals surface area contributed by atoms with Gasteiger partial charge in [0, 0.05) is 17.0 Å². The standard InChI is InChI=1S/C20H22N2O3S/c1-3-14-6-9-18(25-10-11-26-2)17(12-14)19(20(23)24)22-16-7-4-15(13-21)5-8-16/h4-9,12,19,22H,3,10-11H2,1-2H3,(H,23,24)/t19-/m1/s1.